The molecule has 0 bridgehead atoms. The Morgan fingerprint density at radius 2 is 1.97 bits per heavy atom. The molecule has 1 heterocycles. The molecule has 1 aromatic carbocycles. The predicted octanol–water partition coefficient (Wildman–Crippen LogP) is 4.04. The van der Waals surface area contributed by atoms with Gasteiger partial charge in [0.25, 0.3) is 0 Å². The number of nitrogens with one attached hydrogen (secondary N) is 1. The summed E-state index contributed by atoms with van der Waals surface area (Å²) in [5, 5.41) is 3.27. The molecule has 1 aromatic rings. The minimum Gasteiger partial charge on any atom is -0.494 e. The number of carbonyl (C=O) groups excluding carboxylic acids is 3. The quantitative estimate of drug-likeness (QED) is 0.490. The highest BCUT2D eigenvalue weighted by molar-refractivity contribution is 6.12. The van der Waals surface area contributed by atoms with Gasteiger partial charge in [-0.15, -0.1) is 0 Å². The van der Waals surface area contributed by atoms with Crippen LogP contribution in [0.4, 0.5) is 0 Å². The van der Waals surface area contributed by atoms with Crippen LogP contribution < -0.4 is 10.1 Å². The Morgan fingerprint density at radius 3 is 2.61 bits per heavy atom. The van der Waals surface area contributed by atoms with E-state index in [1.807, 2.05) is 58.9 Å². The Labute approximate surface area is 195 Å². The molecule has 7 nitrogen and oxygen atoms in total. The SMILES string of the molecule is CCOc1cccc([C@@H]2C(C(=O)O[C@H](C)CC)=C(C)NC3=C2C(=O)[C@H](C(=O)OC)[C@H](C)C3)c1. The fraction of sp³-hybridized carbons (Fsp3) is 0.500. The van der Waals surface area contributed by atoms with E-state index in [-0.39, 0.29) is 17.8 Å². The van der Waals surface area contributed by atoms with E-state index in [1.54, 1.807) is 0 Å². The summed E-state index contributed by atoms with van der Waals surface area (Å²) in [5.74, 6) is -2.54. The Hall–Kier alpha value is -3.09. The highest BCUT2D eigenvalue weighted by Gasteiger charge is 2.47. The van der Waals surface area contributed by atoms with Crippen LogP contribution in [0.15, 0.2) is 46.8 Å². The predicted molar refractivity (Wildman–Crippen MR) is 123 cm³/mol. The third-order valence-electron chi connectivity index (χ3n) is 6.35. The van der Waals surface area contributed by atoms with Crippen molar-refractivity contribution in [2.45, 2.75) is 59.5 Å². The number of hydrogen-bond acceptors (Lipinski definition) is 7. The van der Waals surface area contributed by atoms with Crippen LogP contribution in [-0.4, -0.2) is 37.5 Å². The molecular formula is C26H33NO6. The number of ether oxygens (including phenoxy) is 3. The fourth-order valence-corrected chi connectivity index (χ4v) is 4.56. The summed E-state index contributed by atoms with van der Waals surface area (Å²) >= 11 is 0. The van der Waals surface area contributed by atoms with E-state index in [1.165, 1.54) is 7.11 Å². The molecular weight excluding hydrogens is 422 g/mol. The van der Waals surface area contributed by atoms with Crippen LogP contribution in [0.2, 0.25) is 0 Å². The summed E-state index contributed by atoms with van der Waals surface area (Å²) in [6.45, 7) is 9.83. The number of hydrogen-bond donors (Lipinski definition) is 1. The van der Waals surface area contributed by atoms with Crippen molar-refractivity contribution in [3.05, 3.63) is 52.4 Å². The Kier molecular flexibility index (Phi) is 7.61. The van der Waals surface area contributed by atoms with E-state index < -0.39 is 23.8 Å². The second-order valence-electron chi connectivity index (χ2n) is 8.67. The van der Waals surface area contributed by atoms with Gasteiger partial charge < -0.3 is 19.5 Å². The van der Waals surface area contributed by atoms with Crippen molar-refractivity contribution in [1.29, 1.82) is 0 Å². The normalized spacial score (nSPS) is 23.5. The number of Topliss-reactive ketones (excluding diaryl/α,β-unsaturated/α-hetero) is 1. The number of ketones is 1. The molecule has 0 aromatic heterocycles. The van der Waals surface area contributed by atoms with Crippen LogP contribution in [0.1, 0.15) is 58.9 Å². The van der Waals surface area contributed by atoms with E-state index in [9.17, 15) is 14.4 Å². The van der Waals surface area contributed by atoms with Crippen LogP contribution in [-0.2, 0) is 23.9 Å². The lowest BCUT2D eigenvalue weighted by Crippen LogP contribution is -2.43. The van der Waals surface area contributed by atoms with Crippen LogP contribution >= 0.6 is 0 Å². The molecule has 2 aliphatic rings. The van der Waals surface area contributed by atoms with E-state index >= 15 is 0 Å². The number of benzene rings is 1. The third kappa shape index (κ3) is 4.82. The standard InChI is InChI=1S/C26H33NO6/c1-7-15(4)33-26(30)21-16(5)27-19-12-14(3)20(25(29)31-6)24(28)23(19)22(21)17-10-9-11-18(13-17)32-8-2/h9-11,13-15,20,22,27H,7-8,12H2,1-6H3/t14-,15-,20-,22-/m1/s1. The van der Waals surface area contributed by atoms with Crippen molar-refractivity contribution in [3.63, 3.8) is 0 Å². The van der Waals surface area contributed by atoms with Crippen LogP contribution in [0.3, 0.4) is 0 Å². The molecule has 4 atom stereocenters. The molecule has 1 aliphatic heterocycles. The number of methoxy groups -OCH3 is 1. The lowest BCUT2D eigenvalue weighted by Gasteiger charge is -2.38. The summed E-state index contributed by atoms with van der Waals surface area (Å²) in [6, 6.07) is 7.38. The maximum atomic E-state index is 13.7. The Morgan fingerprint density at radius 1 is 1.24 bits per heavy atom. The summed E-state index contributed by atoms with van der Waals surface area (Å²) in [7, 11) is 1.29. The van der Waals surface area contributed by atoms with Gasteiger partial charge in [0.15, 0.2) is 5.78 Å². The third-order valence-corrected chi connectivity index (χ3v) is 6.35. The van der Waals surface area contributed by atoms with Gasteiger partial charge in [-0.3, -0.25) is 9.59 Å². The lowest BCUT2D eigenvalue weighted by atomic mass is 9.69. The number of esters is 2. The number of carbonyl (C=O) groups is 3. The molecule has 3 rings (SSSR count). The first-order valence-corrected chi connectivity index (χ1v) is 11.5. The molecule has 0 saturated carbocycles. The highest BCUT2D eigenvalue weighted by Crippen LogP contribution is 2.46. The number of dihydropyridines is 1. The maximum absolute atomic E-state index is 13.7. The van der Waals surface area contributed by atoms with Gasteiger partial charge in [0, 0.05) is 22.9 Å². The molecule has 1 N–H and O–H groups in total. The molecule has 0 radical (unpaired) electrons. The number of allylic oxidation sites excluding steroid dienone is 3. The van der Waals surface area contributed by atoms with Gasteiger partial charge in [-0.05, 0) is 57.2 Å². The molecule has 0 fully saturated rings. The molecule has 0 amide bonds. The van der Waals surface area contributed by atoms with Crippen molar-refractivity contribution in [3.8, 4) is 5.75 Å². The van der Waals surface area contributed by atoms with Crippen molar-refractivity contribution in [2.75, 3.05) is 13.7 Å². The van der Waals surface area contributed by atoms with Crippen molar-refractivity contribution >= 4 is 17.7 Å². The zero-order valence-electron chi connectivity index (χ0n) is 20.2. The van der Waals surface area contributed by atoms with Crippen molar-refractivity contribution in [1.82, 2.24) is 5.32 Å². The zero-order valence-corrected chi connectivity index (χ0v) is 20.2. The van der Waals surface area contributed by atoms with Crippen LogP contribution in [0.25, 0.3) is 0 Å². The largest absolute Gasteiger partial charge is 0.494 e. The molecule has 1 aliphatic carbocycles. The first kappa shape index (κ1) is 24.6. The van der Waals surface area contributed by atoms with Crippen molar-refractivity contribution < 1.29 is 28.6 Å². The van der Waals surface area contributed by atoms with Gasteiger partial charge >= 0.3 is 11.9 Å². The van der Waals surface area contributed by atoms with Crippen molar-refractivity contribution in [2.24, 2.45) is 11.8 Å². The minimum absolute atomic E-state index is 0.229. The van der Waals surface area contributed by atoms with Gasteiger partial charge in [-0.1, -0.05) is 26.0 Å². The summed E-state index contributed by atoms with van der Waals surface area (Å²) in [6.07, 6.45) is 0.895. The van der Waals surface area contributed by atoms with E-state index in [4.69, 9.17) is 14.2 Å². The molecule has 178 valence electrons. The van der Waals surface area contributed by atoms with Crippen LogP contribution in [0, 0.1) is 11.8 Å². The maximum Gasteiger partial charge on any atom is 0.337 e. The second kappa shape index (κ2) is 10.2. The van der Waals surface area contributed by atoms with Crippen LogP contribution in [0.5, 0.6) is 5.75 Å². The smallest absolute Gasteiger partial charge is 0.337 e. The summed E-state index contributed by atoms with van der Waals surface area (Å²) in [5.41, 5.74) is 2.90. The Bertz CT molecular complexity index is 1010. The van der Waals surface area contributed by atoms with E-state index in [0.29, 0.717) is 42.0 Å². The molecule has 0 spiro atoms. The zero-order chi connectivity index (χ0) is 24.3. The van der Waals surface area contributed by atoms with Gasteiger partial charge in [0.2, 0.25) is 0 Å². The lowest BCUT2D eigenvalue weighted by molar-refractivity contribution is -0.151. The summed E-state index contributed by atoms with van der Waals surface area (Å²) in [4.78, 5) is 39.5. The summed E-state index contributed by atoms with van der Waals surface area (Å²) < 4.78 is 16.3. The topological polar surface area (TPSA) is 90.9 Å². The molecule has 0 saturated heterocycles. The monoisotopic (exact) mass is 455 g/mol. The highest BCUT2D eigenvalue weighted by atomic mass is 16.5. The molecule has 0 unspecified atom stereocenters. The van der Waals surface area contributed by atoms with E-state index in [2.05, 4.69) is 5.32 Å². The fourth-order valence-electron chi connectivity index (χ4n) is 4.56. The first-order chi connectivity index (χ1) is 15.7. The number of rotatable bonds is 7. The van der Waals surface area contributed by atoms with Gasteiger partial charge in [-0.25, -0.2) is 4.79 Å². The van der Waals surface area contributed by atoms with Gasteiger partial charge in [-0.2, -0.15) is 0 Å². The Balaban J connectivity index is 2.17. The van der Waals surface area contributed by atoms with E-state index in [0.717, 1.165) is 11.3 Å². The van der Waals surface area contributed by atoms with Gasteiger partial charge in [0.1, 0.15) is 11.7 Å². The average molecular weight is 456 g/mol. The minimum atomic E-state index is -0.918. The molecule has 7 heteroatoms. The molecule has 33 heavy (non-hydrogen) atoms. The first-order valence-electron chi connectivity index (χ1n) is 11.5. The van der Waals surface area contributed by atoms with Gasteiger partial charge in [0.05, 0.1) is 25.4 Å². The second-order valence-corrected chi connectivity index (χ2v) is 8.67. The average Bonchev–Trinajstić information content (AvgIpc) is 2.78.